The van der Waals surface area contributed by atoms with E-state index in [9.17, 15) is 14.4 Å². The maximum absolute atomic E-state index is 16.4. The molecule has 13 heteroatoms. The lowest BCUT2D eigenvalue weighted by Gasteiger charge is -2.33. The summed E-state index contributed by atoms with van der Waals surface area (Å²) < 4.78 is 23.7. The van der Waals surface area contributed by atoms with Gasteiger partial charge in [0.25, 0.3) is 5.91 Å². The number of methoxy groups -OCH3 is 1. The normalized spacial score (nSPS) is 15.4. The van der Waals surface area contributed by atoms with Crippen molar-refractivity contribution in [1.82, 2.24) is 34.7 Å². The van der Waals surface area contributed by atoms with E-state index in [-0.39, 0.29) is 36.0 Å². The van der Waals surface area contributed by atoms with Gasteiger partial charge >= 0.3 is 6.03 Å². The highest BCUT2D eigenvalue weighted by Gasteiger charge is 2.28. The van der Waals surface area contributed by atoms with Crippen LogP contribution >= 0.6 is 0 Å². The number of fused-ring (bicyclic) bond motifs is 1. The van der Waals surface area contributed by atoms with Crippen molar-refractivity contribution in [2.45, 2.75) is 19.4 Å². The van der Waals surface area contributed by atoms with Gasteiger partial charge in [-0.15, -0.1) is 5.10 Å². The van der Waals surface area contributed by atoms with Crippen LogP contribution in [0, 0.1) is 5.82 Å². The van der Waals surface area contributed by atoms with Crippen LogP contribution in [-0.2, 0) is 11.3 Å². The number of carbonyl (C=O) groups excluding carboxylic acids is 3. The van der Waals surface area contributed by atoms with E-state index in [1.807, 2.05) is 30.3 Å². The summed E-state index contributed by atoms with van der Waals surface area (Å²) in [5.41, 5.74) is 8.29. The Bertz CT molecular complexity index is 1740. The second kappa shape index (κ2) is 12.2. The summed E-state index contributed by atoms with van der Waals surface area (Å²) in [7, 11) is 1.57. The molecule has 4 heterocycles. The van der Waals surface area contributed by atoms with E-state index in [1.165, 1.54) is 4.90 Å². The number of nitrogens with zero attached hydrogens (tertiary/aromatic N) is 6. The Labute approximate surface area is 252 Å². The fourth-order valence-corrected chi connectivity index (χ4v) is 5.87. The number of nitrogens with two attached hydrogens (primary N) is 1. The van der Waals surface area contributed by atoms with Gasteiger partial charge in [0.05, 0.1) is 25.4 Å². The maximum atomic E-state index is 16.4. The Morgan fingerprint density at radius 2 is 1.77 bits per heavy atom. The lowest BCUT2D eigenvalue weighted by atomic mass is 9.93. The minimum Gasteiger partial charge on any atom is -0.496 e. The lowest BCUT2D eigenvalue weighted by Crippen LogP contribution is -2.52. The number of ether oxygens (including phenoxy) is 1. The van der Waals surface area contributed by atoms with E-state index >= 15 is 4.39 Å². The summed E-state index contributed by atoms with van der Waals surface area (Å²) in [6.07, 6.45) is 6.06. The highest BCUT2D eigenvalue weighted by Crippen LogP contribution is 2.40. The number of piperazine rings is 1. The third kappa shape index (κ3) is 5.60. The molecule has 4 aromatic rings. The summed E-state index contributed by atoms with van der Waals surface area (Å²) in [6, 6.07) is 10.4. The van der Waals surface area contributed by atoms with E-state index in [4.69, 9.17) is 10.5 Å². The molecule has 0 saturated carbocycles. The van der Waals surface area contributed by atoms with Crippen molar-refractivity contribution in [3.63, 3.8) is 0 Å². The van der Waals surface area contributed by atoms with E-state index in [0.717, 1.165) is 5.56 Å². The van der Waals surface area contributed by atoms with Crippen molar-refractivity contribution in [1.29, 1.82) is 0 Å². The molecule has 0 unspecified atom stereocenters. The number of para-hydroxylation sites is 1. The van der Waals surface area contributed by atoms with E-state index < -0.39 is 11.8 Å². The van der Waals surface area contributed by atoms with Crippen LogP contribution in [0.1, 0.15) is 28.9 Å². The molecule has 0 aliphatic carbocycles. The van der Waals surface area contributed by atoms with E-state index in [2.05, 4.69) is 15.3 Å². The number of aryl methyl sites for hydroxylation is 1. The first-order valence-corrected chi connectivity index (χ1v) is 14.5. The number of benzene rings is 2. The number of carbonyl (C=O) groups is 3. The molecule has 2 aromatic heterocycles. The van der Waals surface area contributed by atoms with Crippen molar-refractivity contribution >= 4 is 34.3 Å². The van der Waals surface area contributed by atoms with Crippen molar-refractivity contribution in [3.05, 3.63) is 71.9 Å². The van der Waals surface area contributed by atoms with Crippen LogP contribution in [0.15, 0.2) is 54.9 Å². The molecule has 0 atom stereocenters. The van der Waals surface area contributed by atoms with Crippen LogP contribution in [0.5, 0.6) is 5.75 Å². The molecule has 1 fully saturated rings. The number of rotatable bonds is 7. The van der Waals surface area contributed by atoms with Gasteiger partial charge in [-0.05, 0) is 35.8 Å². The summed E-state index contributed by atoms with van der Waals surface area (Å²) >= 11 is 0. The number of halogens is 1. The summed E-state index contributed by atoms with van der Waals surface area (Å²) in [5.74, 6) is -0.245. The number of hydrogen-bond acceptors (Lipinski definition) is 6. The first kappa shape index (κ1) is 28.9. The second-order valence-electron chi connectivity index (χ2n) is 10.8. The Balaban J connectivity index is 1.35. The summed E-state index contributed by atoms with van der Waals surface area (Å²) in [5, 5.41) is 8.23. The van der Waals surface area contributed by atoms with E-state index in [1.54, 1.807) is 46.1 Å². The molecule has 2 aliphatic heterocycles. The van der Waals surface area contributed by atoms with Gasteiger partial charge in [-0.3, -0.25) is 14.3 Å². The van der Waals surface area contributed by atoms with Crippen LogP contribution in [0.2, 0.25) is 0 Å². The number of amides is 4. The Morgan fingerprint density at radius 3 is 2.50 bits per heavy atom. The SMILES string of the molecule is COc1ccccc1-c1cc(C2=CCCN(C(=O)CCn3ccnn3)C2)c(F)c2[nH]c(C(=O)N3CCN(C(N)=O)CC3)cc12. The molecule has 44 heavy (non-hydrogen) atoms. The minimum atomic E-state index is -0.522. The predicted molar refractivity (Wildman–Crippen MR) is 161 cm³/mol. The monoisotopic (exact) mass is 600 g/mol. The molecule has 6 rings (SSSR count). The topological polar surface area (TPSA) is 143 Å². The molecule has 3 N–H and O–H groups in total. The molecule has 2 aromatic carbocycles. The molecule has 0 radical (unpaired) electrons. The molecule has 12 nitrogen and oxygen atoms in total. The Morgan fingerprint density at radius 1 is 1.00 bits per heavy atom. The first-order valence-electron chi connectivity index (χ1n) is 14.5. The Hall–Kier alpha value is -5.20. The molecule has 2 aliphatic rings. The minimum absolute atomic E-state index is 0.0540. The van der Waals surface area contributed by atoms with Crippen molar-refractivity contribution in [2.24, 2.45) is 5.73 Å². The average Bonchev–Trinajstić information content (AvgIpc) is 3.75. The van der Waals surface area contributed by atoms with Crippen LogP contribution in [0.4, 0.5) is 9.18 Å². The first-order chi connectivity index (χ1) is 21.3. The van der Waals surface area contributed by atoms with Crippen LogP contribution in [0.25, 0.3) is 27.6 Å². The number of nitrogens with one attached hydrogen (secondary N) is 1. The van der Waals surface area contributed by atoms with Gasteiger partial charge in [0.1, 0.15) is 11.4 Å². The smallest absolute Gasteiger partial charge is 0.314 e. The van der Waals surface area contributed by atoms with Gasteiger partial charge in [0.15, 0.2) is 5.82 Å². The number of aromatic amines is 1. The molecule has 0 spiro atoms. The number of urea groups is 1. The number of primary amides is 1. The summed E-state index contributed by atoms with van der Waals surface area (Å²) in [4.78, 5) is 46.0. The number of hydrogen-bond donors (Lipinski definition) is 2. The molecule has 0 bridgehead atoms. The van der Waals surface area contributed by atoms with Crippen LogP contribution < -0.4 is 10.5 Å². The molecule has 4 amide bonds. The fourth-order valence-electron chi connectivity index (χ4n) is 5.87. The lowest BCUT2D eigenvalue weighted by molar-refractivity contribution is -0.131. The third-order valence-electron chi connectivity index (χ3n) is 8.23. The third-order valence-corrected chi connectivity index (χ3v) is 8.23. The zero-order valence-electron chi connectivity index (χ0n) is 24.3. The standard InChI is InChI=1S/C31H33FN8O4/c1-44-26-7-3-2-6-21(26)23-17-22(20-5-4-10-39(19-20)27(41)8-11-40-12-9-34-36-40)28(32)29-24(23)18-25(35-29)30(42)37-13-15-38(16-14-37)31(33)43/h2-3,5-7,9,12,17-18,35H,4,8,10-11,13-16,19H2,1H3,(H2,33,43). The van der Waals surface area contributed by atoms with Gasteiger partial charge < -0.3 is 30.2 Å². The number of H-pyrrole nitrogens is 1. The van der Waals surface area contributed by atoms with Crippen LogP contribution in [0.3, 0.4) is 0 Å². The van der Waals surface area contributed by atoms with Crippen molar-refractivity contribution in [3.8, 4) is 16.9 Å². The molecule has 228 valence electrons. The van der Waals surface area contributed by atoms with Gasteiger partial charge in [0, 0.05) is 68.4 Å². The van der Waals surface area contributed by atoms with Crippen molar-refractivity contribution < 1.29 is 23.5 Å². The summed E-state index contributed by atoms with van der Waals surface area (Å²) in [6.45, 7) is 2.48. The largest absolute Gasteiger partial charge is 0.496 e. The average molecular weight is 601 g/mol. The highest BCUT2D eigenvalue weighted by atomic mass is 19.1. The van der Waals surface area contributed by atoms with E-state index in [0.29, 0.717) is 73.5 Å². The van der Waals surface area contributed by atoms with Gasteiger partial charge in [-0.2, -0.15) is 0 Å². The van der Waals surface area contributed by atoms with Gasteiger partial charge in [-0.25, -0.2) is 9.18 Å². The molecule has 1 saturated heterocycles. The zero-order chi connectivity index (χ0) is 30.8. The molecular weight excluding hydrogens is 567 g/mol. The van der Waals surface area contributed by atoms with Crippen LogP contribution in [-0.4, -0.2) is 98.9 Å². The van der Waals surface area contributed by atoms with Gasteiger partial charge in [0.2, 0.25) is 5.91 Å². The number of aromatic nitrogens is 4. The predicted octanol–water partition coefficient (Wildman–Crippen LogP) is 3.12. The second-order valence-corrected chi connectivity index (χ2v) is 10.8. The maximum Gasteiger partial charge on any atom is 0.314 e. The molecular formula is C31H33FN8O4. The Kier molecular flexibility index (Phi) is 8.01. The van der Waals surface area contributed by atoms with Crippen molar-refractivity contribution in [2.75, 3.05) is 46.4 Å². The fraction of sp³-hybridized carbons (Fsp3) is 0.323. The zero-order valence-corrected chi connectivity index (χ0v) is 24.3. The highest BCUT2D eigenvalue weighted by molar-refractivity contribution is 6.05. The quantitative estimate of drug-likeness (QED) is 0.334. The van der Waals surface area contributed by atoms with Gasteiger partial charge in [-0.1, -0.05) is 29.5 Å².